The maximum atomic E-state index is 6.11. The molecule has 3 heteroatoms. The van der Waals surface area contributed by atoms with Crippen LogP contribution in [0.2, 0.25) is 0 Å². The summed E-state index contributed by atoms with van der Waals surface area (Å²) in [6, 6.07) is 15.3. The van der Waals surface area contributed by atoms with Crippen LogP contribution < -0.4 is 10.6 Å². The fourth-order valence-electron chi connectivity index (χ4n) is 3.69. The van der Waals surface area contributed by atoms with Gasteiger partial charge in [-0.1, -0.05) is 30.3 Å². The van der Waals surface area contributed by atoms with Crippen LogP contribution >= 0.6 is 0 Å². The average Bonchev–Trinajstić information content (AvgIpc) is 2.98. The molecule has 1 unspecified atom stereocenters. The summed E-state index contributed by atoms with van der Waals surface area (Å²) in [6.07, 6.45) is 5.41. The quantitative estimate of drug-likeness (QED) is 0.706. The Bertz CT molecular complexity index is 818. The normalized spacial score (nSPS) is 17.4. The fourth-order valence-corrected chi connectivity index (χ4v) is 3.69. The lowest BCUT2D eigenvalue weighted by Gasteiger charge is -2.34. The van der Waals surface area contributed by atoms with Crippen molar-refractivity contribution in [2.24, 2.45) is 0 Å². The van der Waals surface area contributed by atoms with Crippen LogP contribution in [0.3, 0.4) is 0 Å². The van der Waals surface area contributed by atoms with Crippen LogP contribution in [0.15, 0.2) is 48.7 Å². The average molecular weight is 291 g/mol. The van der Waals surface area contributed by atoms with Crippen molar-refractivity contribution < 1.29 is 0 Å². The first-order valence-electron chi connectivity index (χ1n) is 7.89. The molecular formula is C19H21N3. The summed E-state index contributed by atoms with van der Waals surface area (Å²) in [4.78, 5) is 5.80. The first kappa shape index (κ1) is 13.3. The molecule has 112 valence electrons. The molecule has 2 aromatic carbocycles. The van der Waals surface area contributed by atoms with E-state index in [4.69, 9.17) is 5.73 Å². The van der Waals surface area contributed by atoms with Crippen molar-refractivity contribution in [1.82, 2.24) is 4.98 Å². The molecule has 1 atom stereocenters. The topological polar surface area (TPSA) is 45.0 Å². The number of likely N-dealkylation sites (N-methyl/N-ethyl adjacent to an activating group) is 1. The molecule has 1 aliphatic carbocycles. The van der Waals surface area contributed by atoms with Crippen molar-refractivity contribution in [2.75, 3.05) is 17.7 Å². The third kappa shape index (κ3) is 2.05. The van der Waals surface area contributed by atoms with Crippen molar-refractivity contribution >= 4 is 22.3 Å². The molecule has 0 amide bonds. The van der Waals surface area contributed by atoms with E-state index < -0.39 is 0 Å². The number of nitrogens with one attached hydrogen (secondary N) is 1. The highest BCUT2D eigenvalue weighted by Crippen LogP contribution is 2.33. The molecule has 4 rings (SSSR count). The lowest BCUT2D eigenvalue weighted by molar-refractivity contribution is 0.550. The molecule has 0 saturated carbocycles. The number of nitrogens with two attached hydrogens (primary N) is 1. The monoisotopic (exact) mass is 291 g/mol. The van der Waals surface area contributed by atoms with Crippen molar-refractivity contribution in [1.29, 1.82) is 0 Å². The molecule has 0 aliphatic heterocycles. The van der Waals surface area contributed by atoms with Crippen LogP contribution in [0.1, 0.15) is 17.5 Å². The number of aromatic nitrogens is 1. The summed E-state index contributed by atoms with van der Waals surface area (Å²) >= 11 is 0. The SMILES string of the molecule is CN(c1c[nH]c2ccccc12)C1CCc2c(N)cccc2C1. The number of rotatable bonds is 2. The van der Waals surface area contributed by atoms with Gasteiger partial charge in [-0.25, -0.2) is 0 Å². The summed E-state index contributed by atoms with van der Waals surface area (Å²) in [6.45, 7) is 0. The highest BCUT2D eigenvalue weighted by atomic mass is 15.1. The third-order valence-corrected chi connectivity index (χ3v) is 4.99. The Hall–Kier alpha value is -2.42. The van der Waals surface area contributed by atoms with E-state index in [2.05, 4.69) is 59.5 Å². The molecular weight excluding hydrogens is 270 g/mol. The Kier molecular flexibility index (Phi) is 3.07. The van der Waals surface area contributed by atoms with Gasteiger partial charge in [-0.15, -0.1) is 0 Å². The van der Waals surface area contributed by atoms with Crippen LogP contribution in [-0.2, 0) is 12.8 Å². The number of aromatic amines is 1. The smallest absolute Gasteiger partial charge is 0.0623 e. The molecule has 0 radical (unpaired) electrons. The van der Waals surface area contributed by atoms with Gasteiger partial charge in [0.25, 0.3) is 0 Å². The predicted octanol–water partition coefficient (Wildman–Crippen LogP) is 3.74. The number of nitrogen functional groups attached to an aromatic ring is 1. The number of nitrogens with zero attached hydrogens (tertiary/aromatic N) is 1. The van der Waals surface area contributed by atoms with Crippen LogP contribution in [0, 0.1) is 0 Å². The van der Waals surface area contributed by atoms with Crippen molar-refractivity contribution in [3.8, 4) is 0 Å². The van der Waals surface area contributed by atoms with Crippen LogP contribution in [0.25, 0.3) is 10.9 Å². The standard InChI is InChI=1S/C19H21N3/c1-22(19-12-21-18-8-3-2-6-16(18)19)14-9-10-15-13(11-14)5-4-7-17(15)20/h2-8,12,14,21H,9-11,20H2,1H3. The molecule has 3 aromatic rings. The second-order valence-corrected chi connectivity index (χ2v) is 6.21. The van der Waals surface area contributed by atoms with Crippen LogP contribution in [-0.4, -0.2) is 18.1 Å². The molecule has 0 spiro atoms. The number of fused-ring (bicyclic) bond motifs is 2. The molecule has 0 saturated heterocycles. The number of para-hydroxylation sites is 1. The van der Waals surface area contributed by atoms with E-state index in [0.29, 0.717) is 6.04 Å². The summed E-state index contributed by atoms with van der Waals surface area (Å²) in [5.74, 6) is 0. The minimum Gasteiger partial charge on any atom is -0.398 e. The minimum atomic E-state index is 0.522. The van der Waals surface area contributed by atoms with Gasteiger partial charge in [-0.3, -0.25) is 0 Å². The molecule has 1 heterocycles. The highest BCUT2D eigenvalue weighted by Gasteiger charge is 2.24. The van der Waals surface area contributed by atoms with E-state index in [0.717, 1.165) is 24.9 Å². The molecule has 1 aliphatic rings. The van der Waals surface area contributed by atoms with E-state index in [1.54, 1.807) is 0 Å². The predicted molar refractivity (Wildman–Crippen MR) is 93.4 cm³/mol. The van der Waals surface area contributed by atoms with E-state index in [1.165, 1.54) is 27.7 Å². The first-order chi connectivity index (χ1) is 10.7. The summed E-state index contributed by atoms with van der Waals surface area (Å²) in [5, 5.41) is 1.29. The number of benzene rings is 2. The Morgan fingerprint density at radius 1 is 1.14 bits per heavy atom. The number of anilines is 2. The van der Waals surface area contributed by atoms with E-state index >= 15 is 0 Å². The van der Waals surface area contributed by atoms with Crippen molar-refractivity contribution in [3.63, 3.8) is 0 Å². The molecule has 1 aromatic heterocycles. The van der Waals surface area contributed by atoms with Gasteiger partial charge in [-0.05, 0) is 42.5 Å². The summed E-state index contributed by atoms with van der Waals surface area (Å²) in [7, 11) is 2.21. The highest BCUT2D eigenvalue weighted by molar-refractivity contribution is 5.92. The van der Waals surface area contributed by atoms with Gasteiger partial charge in [0, 0.05) is 35.9 Å². The maximum absolute atomic E-state index is 6.11. The summed E-state index contributed by atoms with van der Waals surface area (Å²) < 4.78 is 0. The lowest BCUT2D eigenvalue weighted by atomic mass is 9.86. The van der Waals surface area contributed by atoms with E-state index in [-0.39, 0.29) is 0 Å². The van der Waals surface area contributed by atoms with Gasteiger partial charge >= 0.3 is 0 Å². The second-order valence-electron chi connectivity index (χ2n) is 6.21. The number of H-pyrrole nitrogens is 1. The van der Waals surface area contributed by atoms with Gasteiger partial charge in [0.1, 0.15) is 0 Å². The lowest BCUT2D eigenvalue weighted by Crippen LogP contribution is -2.36. The van der Waals surface area contributed by atoms with Crippen molar-refractivity contribution in [2.45, 2.75) is 25.3 Å². The number of hydrogen-bond acceptors (Lipinski definition) is 2. The second kappa shape index (κ2) is 5.09. The summed E-state index contributed by atoms with van der Waals surface area (Å²) in [5.41, 5.74) is 12.3. The third-order valence-electron chi connectivity index (χ3n) is 4.99. The zero-order chi connectivity index (χ0) is 15.1. The van der Waals surface area contributed by atoms with E-state index in [9.17, 15) is 0 Å². The van der Waals surface area contributed by atoms with Gasteiger partial charge in [0.15, 0.2) is 0 Å². The first-order valence-corrected chi connectivity index (χ1v) is 7.89. The Morgan fingerprint density at radius 2 is 2.00 bits per heavy atom. The van der Waals surface area contributed by atoms with Gasteiger partial charge in [0.05, 0.1) is 5.69 Å². The van der Waals surface area contributed by atoms with Crippen LogP contribution in [0.4, 0.5) is 11.4 Å². The van der Waals surface area contributed by atoms with Crippen LogP contribution in [0.5, 0.6) is 0 Å². The van der Waals surface area contributed by atoms with Gasteiger partial charge in [-0.2, -0.15) is 0 Å². The maximum Gasteiger partial charge on any atom is 0.0623 e. The minimum absolute atomic E-state index is 0.522. The molecule has 0 bridgehead atoms. The molecule has 0 fully saturated rings. The van der Waals surface area contributed by atoms with Gasteiger partial charge < -0.3 is 15.6 Å². The Balaban J connectivity index is 1.65. The largest absolute Gasteiger partial charge is 0.398 e. The zero-order valence-corrected chi connectivity index (χ0v) is 12.8. The number of hydrogen-bond donors (Lipinski definition) is 2. The van der Waals surface area contributed by atoms with E-state index in [1.807, 2.05) is 6.07 Å². The molecule has 3 nitrogen and oxygen atoms in total. The molecule has 3 N–H and O–H groups in total. The fraction of sp³-hybridized carbons (Fsp3) is 0.263. The zero-order valence-electron chi connectivity index (χ0n) is 12.8. The Morgan fingerprint density at radius 3 is 2.91 bits per heavy atom. The molecule has 22 heavy (non-hydrogen) atoms. The van der Waals surface area contributed by atoms with Gasteiger partial charge in [0.2, 0.25) is 0 Å². The van der Waals surface area contributed by atoms with Crippen molar-refractivity contribution in [3.05, 3.63) is 59.8 Å². The Labute approximate surface area is 130 Å².